The lowest BCUT2D eigenvalue weighted by atomic mass is 9.98. The van der Waals surface area contributed by atoms with E-state index < -0.39 is 67.6 Å². The Hall–Kier alpha value is -6.26. The Labute approximate surface area is 380 Å². The smallest absolute Gasteiger partial charge is 0.480 e. The maximum absolute atomic E-state index is 14.7. The number of carbonyl (C=O) groups is 6. The highest BCUT2D eigenvalue weighted by atomic mass is 32.2. The first-order chi connectivity index (χ1) is 31.0. The molecule has 65 heavy (non-hydrogen) atoms. The number of fused-ring (bicyclic) bond motifs is 2. The molecule has 9 N–H and O–H groups in total. The van der Waals surface area contributed by atoms with Crippen molar-refractivity contribution in [2.24, 2.45) is 5.92 Å². The number of hydrogen-bond donors (Lipinski definition) is 8. The van der Waals surface area contributed by atoms with Gasteiger partial charge < -0.3 is 36.2 Å². The van der Waals surface area contributed by atoms with E-state index >= 15 is 0 Å². The highest BCUT2D eigenvalue weighted by Crippen LogP contribution is 2.36. The van der Waals surface area contributed by atoms with Crippen LogP contribution >= 0.6 is 19.6 Å². The molecule has 5 unspecified atom stereocenters. The van der Waals surface area contributed by atoms with Gasteiger partial charge in [0.2, 0.25) is 30.0 Å². The molecule has 5 atom stereocenters. The zero-order chi connectivity index (χ0) is 47.1. The van der Waals surface area contributed by atoms with Crippen molar-refractivity contribution < 1.29 is 52.7 Å². The molecule has 0 bridgehead atoms. The minimum Gasteiger partial charge on any atom is -0.480 e. The number of carboxylic acids is 1. The quantitative estimate of drug-likeness (QED) is 0.0245. The van der Waals surface area contributed by atoms with Gasteiger partial charge in [-0.1, -0.05) is 111 Å². The number of amides is 5. The van der Waals surface area contributed by atoms with Crippen molar-refractivity contribution in [1.82, 2.24) is 26.6 Å². The summed E-state index contributed by atoms with van der Waals surface area (Å²) in [6.07, 6.45) is 2.50. The lowest BCUT2D eigenvalue weighted by Crippen LogP contribution is -2.59. The van der Waals surface area contributed by atoms with Crippen LogP contribution in [-0.4, -0.2) is 97.7 Å². The van der Waals surface area contributed by atoms with Gasteiger partial charge in [0.15, 0.2) is 0 Å². The van der Waals surface area contributed by atoms with Gasteiger partial charge in [0, 0.05) is 19.3 Å². The molecule has 0 spiro atoms. The standard InChI is InChI=1S/C47H54N5O11PS/c1-29(2)22-39(49-43(54)38(48-28-53)20-21-65-3)44(55)50-40(26-31-12-16-33-8-4-6-10-35(33)23-31)45(56)51-41(27-32-13-17-34-9-5-7-11-36(34)24-32)46(57)52-42(47(58)59)25-30-14-18-37(19-15-30)63-64(60,61)62/h4-19,23-24,28-29,38-42H,20-22,25-27H2,1-3H3,(H,48,53)(H,49,54)(H,50,55)(H,51,56)(H,52,57)(H,58,59)(H2,60,61,62)/p+1. The summed E-state index contributed by atoms with van der Waals surface area (Å²) >= 11 is 1.49. The van der Waals surface area contributed by atoms with E-state index in [9.17, 15) is 48.2 Å². The first-order valence-corrected chi connectivity index (χ1v) is 23.9. The van der Waals surface area contributed by atoms with E-state index in [0.717, 1.165) is 21.5 Å². The molecular formula is C47H55N5O11PS+. The fraction of sp³-hybridized carbons (Fsp3) is 0.319. The molecule has 18 heteroatoms. The Morgan fingerprint density at radius 3 is 1.52 bits per heavy atom. The van der Waals surface area contributed by atoms with Crippen molar-refractivity contribution in [3.63, 3.8) is 0 Å². The van der Waals surface area contributed by atoms with E-state index in [4.69, 9.17) is 4.52 Å². The van der Waals surface area contributed by atoms with Crippen LogP contribution in [0, 0.1) is 5.92 Å². The number of hydrogen-bond acceptors (Lipinski definition) is 8. The lowest BCUT2D eigenvalue weighted by Gasteiger charge is -2.27. The summed E-state index contributed by atoms with van der Waals surface area (Å²) in [5.74, 6) is -3.76. The molecule has 0 saturated heterocycles. The largest absolute Gasteiger partial charge is 0.719 e. The minimum absolute atomic E-state index is 0.0263. The van der Waals surface area contributed by atoms with Crippen molar-refractivity contribution in [1.29, 1.82) is 0 Å². The first kappa shape index (κ1) is 49.8. The summed E-state index contributed by atoms with van der Waals surface area (Å²) in [6.45, 7) is 3.75. The van der Waals surface area contributed by atoms with Gasteiger partial charge in [-0.3, -0.25) is 24.0 Å². The molecule has 0 radical (unpaired) electrons. The number of thioether (sulfide) groups is 1. The van der Waals surface area contributed by atoms with Crippen LogP contribution < -0.4 is 31.1 Å². The topological polar surface area (TPSA) is 254 Å². The summed E-state index contributed by atoms with van der Waals surface area (Å²) in [7, 11) is -4.59. The third kappa shape index (κ3) is 15.5. The van der Waals surface area contributed by atoms with Crippen molar-refractivity contribution >= 4 is 77.1 Å². The molecule has 5 aromatic carbocycles. The predicted molar refractivity (Wildman–Crippen MR) is 250 cm³/mol. The van der Waals surface area contributed by atoms with E-state index in [1.54, 1.807) is 6.07 Å². The molecule has 344 valence electrons. The molecule has 5 rings (SSSR count). The zero-order valence-corrected chi connectivity index (χ0v) is 37.9. The second-order valence-corrected chi connectivity index (χ2v) is 18.2. The van der Waals surface area contributed by atoms with Crippen molar-refractivity contribution in [2.75, 3.05) is 12.0 Å². The Kier molecular flexibility index (Phi) is 18.1. The van der Waals surface area contributed by atoms with Gasteiger partial charge in [-0.05, 0) is 81.1 Å². The molecule has 16 nitrogen and oxygen atoms in total. The second kappa shape index (κ2) is 23.6. The predicted octanol–water partition coefficient (Wildman–Crippen LogP) is 4.37. The van der Waals surface area contributed by atoms with Crippen LogP contribution in [0.3, 0.4) is 0 Å². The van der Waals surface area contributed by atoms with Gasteiger partial charge in [0.1, 0.15) is 36.0 Å². The molecular weight excluding hydrogens is 874 g/mol. The van der Waals surface area contributed by atoms with E-state index in [0.29, 0.717) is 35.3 Å². The van der Waals surface area contributed by atoms with Crippen molar-refractivity contribution in [2.45, 2.75) is 76.2 Å². The van der Waals surface area contributed by atoms with Gasteiger partial charge in [-0.2, -0.15) is 11.8 Å². The number of carbonyl (C=O) groups excluding carboxylic acids is 5. The fourth-order valence-electron chi connectivity index (χ4n) is 7.29. The summed E-state index contributed by atoms with van der Waals surface area (Å²) in [5.41, 5.74) is 1.75. The molecule has 5 aromatic rings. The highest BCUT2D eigenvalue weighted by Gasteiger charge is 2.33. The van der Waals surface area contributed by atoms with E-state index in [1.807, 2.05) is 99.0 Å². The molecule has 0 saturated carbocycles. The number of carboxylic acid groups (broad SMARTS) is 1. The van der Waals surface area contributed by atoms with Crippen molar-refractivity contribution in [3.05, 3.63) is 126 Å². The Balaban J connectivity index is 1.46. The van der Waals surface area contributed by atoms with Gasteiger partial charge in [0.05, 0.1) is 0 Å². The molecule has 0 heterocycles. The Morgan fingerprint density at radius 2 is 1.06 bits per heavy atom. The number of benzene rings is 5. The summed E-state index contributed by atoms with van der Waals surface area (Å²) in [6, 6.07) is 25.6. The van der Waals surface area contributed by atoms with E-state index in [-0.39, 0.29) is 37.4 Å². The summed E-state index contributed by atoms with van der Waals surface area (Å²) < 4.78 is 14.0. The van der Waals surface area contributed by atoms with E-state index in [2.05, 4.69) is 26.6 Å². The Bertz CT molecular complexity index is 2520. The maximum atomic E-state index is 14.7. The lowest BCUT2D eigenvalue weighted by molar-refractivity contribution is -0.142. The molecule has 0 fully saturated rings. The fourth-order valence-corrected chi connectivity index (χ4v) is 8.16. The molecule has 0 aliphatic heterocycles. The van der Waals surface area contributed by atoms with Crippen LogP contribution in [0.15, 0.2) is 109 Å². The normalized spacial score (nSPS) is 13.8. The average molecular weight is 929 g/mol. The first-order valence-electron chi connectivity index (χ1n) is 21.0. The zero-order valence-electron chi connectivity index (χ0n) is 36.2. The number of aliphatic carboxylic acids is 1. The number of rotatable bonds is 24. The van der Waals surface area contributed by atoms with Gasteiger partial charge in [0.25, 0.3) is 0 Å². The summed E-state index contributed by atoms with van der Waals surface area (Å²) in [5, 5.41) is 27.4. The molecule has 5 amide bonds. The van der Waals surface area contributed by atoms with Crippen LogP contribution in [0.2, 0.25) is 0 Å². The van der Waals surface area contributed by atoms with Crippen molar-refractivity contribution in [3.8, 4) is 5.75 Å². The minimum atomic E-state index is -4.59. The third-order valence-electron chi connectivity index (χ3n) is 10.5. The van der Waals surface area contributed by atoms with Gasteiger partial charge in [-0.15, -0.1) is 0 Å². The summed E-state index contributed by atoms with van der Waals surface area (Å²) in [4.78, 5) is 99.2. The van der Waals surface area contributed by atoms with Gasteiger partial charge in [-0.25, -0.2) is 19.1 Å². The van der Waals surface area contributed by atoms with Crippen LogP contribution in [0.5, 0.6) is 5.75 Å². The van der Waals surface area contributed by atoms with E-state index in [1.165, 1.54) is 36.0 Å². The molecule has 0 aliphatic carbocycles. The van der Waals surface area contributed by atoms with Crippen LogP contribution in [0.25, 0.3) is 21.5 Å². The molecule has 0 aliphatic rings. The molecule has 0 aromatic heterocycles. The number of nitrogens with one attached hydrogen (secondary N) is 5. The monoisotopic (exact) mass is 928 g/mol. The van der Waals surface area contributed by atoms with Gasteiger partial charge >= 0.3 is 13.8 Å². The highest BCUT2D eigenvalue weighted by molar-refractivity contribution is 7.98. The SMILES string of the molecule is CSCCC(NC=O)C(=O)NC(CC(C)C)C(=O)NC(Cc1ccc2ccccc2c1)C(=O)NC(Cc1ccc2ccccc2c1)C(=O)NC(Cc1ccc(OP(O)(O)=[OH+])cc1)C(=O)O. The van der Waals surface area contributed by atoms with Crippen LogP contribution in [-0.2, 0) is 48.0 Å². The second-order valence-electron chi connectivity index (χ2n) is 16.1. The average Bonchev–Trinajstić information content (AvgIpc) is 3.26. The Morgan fingerprint density at radius 1 is 0.631 bits per heavy atom. The third-order valence-corrected chi connectivity index (χ3v) is 11.6. The van der Waals surface area contributed by atoms with Crippen LogP contribution in [0.4, 0.5) is 0 Å². The maximum Gasteiger partial charge on any atom is 0.719 e. The van der Waals surface area contributed by atoms with Crippen LogP contribution in [0.1, 0.15) is 43.4 Å².